The largest absolute Gasteiger partial charge is 0.480 e. The van der Waals surface area contributed by atoms with Gasteiger partial charge in [-0.05, 0) is 55.2 Å². The molecular formula is C27H40N6O6S. The van der Waals surface area contributed by atoms with Crippen molar-refractivity contribution in [3.8, 4) is 0 Å². The van der Waals surface area contributed by atoms with Gasteiger partial charge in [-0.3, -0.25) is 19.2 Å². The van der Waals surface area contributed by atoms with Crippen LogP contribution in [-0.2, 0) is 30.4 Å². The molecule has 4 amide bonds. The van der Waals surface area contributed by atoms with Crippen LogP contribution in [0.3, 0.4) is 0 Å². The fourth-order valence-electron chi connectivity index (χ4n) is 4.20. The Morgan fingerprint density at radius 2 is 1.57 bits per heavy atom. The van der Waals surface area contributed by atoms with Crippen LogP contribution < -0.4 is 27.4 Å². The van der Waals surface area contributed by atoms with Crippen LogP contribution in [0, 0.1) is 5.92 Å². The van der Waals surface area contributed by atoms with E-state index < -0.39 is 53.8 Å². The number of nitrogens with two attached hydrogens (primary N) is 2. The zero-order valence-electron chi connectivity index (χ0n) is 23.1. The Bertz CT molecular complexity index is 1190. The number of aliphatic carboxylic acids is 1. The minimum Gasteiger partial charge on any atom is -0.480 e. The van der Waals surface area contributed by atoms with Gasteiger partial charge in [0.15, 0.2) is 0 Å². The Hall–Kier alpha value is -3.58. The van der Waals surface area contributed by atoms with Crippen LogP contribution >= 0.6 is 11.8 Å². The molecule has 0 aliphatic carbocycles. The molecule has 2 rings (SSSR count). The number of carboxylic acid groups (broad SMARTS) is 1. The maximum atomic E-state index is 13.3. The van der Waals surface area contributed by atoms with E-state index in [0.29, 0.717) is 5.75 Å². The van der Waals surface area contributed by atoms with Gasteiger partial charge in [-0.15, -0.1) is 0 Å². The molecule has 0 bridgehead atoms. The van der Waals surface area contributed by atoms with E-state index in [4.69, 9.17) is 11.5 Å². The molecule has 13 heteroatoms. The van der Waals surface area contributed by atoms with Crippen molar-refractivity contribution in [3.63, 3.8) is 0 Å². The fraction of sp³-hybridized carbons (Fsp3) is 0.519. The monoisotopic (exact) mass is 576 g/mol. The van der Waals surface area contributed by atoms with E-state index in [1.165, 1.54) is 11.8 Å². The van der Waals surface area contributed by atoms with Crippen molar-refractivity contribution in [3.05, 3.63) is 36.0 Å². The molecule has 220 valence electrons. The zero-order chi connectivity index (χ0) is 29.8. The first-order chi connectivity index (χ1) is 18.9. The van der Waals surface area contributed by atoms with E-state index in [1.54, 1.807) is 6.20 Å². The van der Waals surface area contributed by atoms with Gasteiger partial charge < -0.3 is 37.5 Å². The van der Waals surface area contributed by atoms with Crippen molar-refractivity contribution in [1.82, 2.24) is 20.9 Å². The second-order valence-electron chi connectivity index (χ2n) is 10.1. The summed E-state index contributed by atoms with van der Waals surface area (Å²) in [6, 6.07) is 3.27. The topological polar surface area (TPSA) is 209 Å². The molecule has 0 saturated heterocycles. The molecule has 0 saturated carbocycles. The Morgan fingerprint density at radius 3 is 2.20 bits per heavy atom. The summed E-state index contributed by atoms with van der Waals surface area (Å²) in [7, 11) is 0. The summed E-state index contributed by atoms with van der Waals surface area (Å²) in [6.07, 6.45) is 3.93. The number of aromatic amines is 1. The molecule has 0 radical (unpaired) electrons. The van der Waals surface area contributed by atoms with Gasteiger partial charge in [-0.1, -0.05) is 32.0 Å². The quantitative estimate of drug-likeness (QED) is 0.142. The van der Waals surface area contributed by atoms with E-state index in [1.807, 2.05) is 44.4 Å². The predicted molar refractivity (Wildman–Crippen MR) is 154 cm³/mol. The SMILES string of the molecule is CSCCC(NC(=O)C(CCC(N)=O)NC(=O)C(CC(C)C)NC(=O)C(N)Cc1c[nH]c2ccccc12)C(=O)O. The van der Waals surface area contributed by atoms with Crippen LogP contribution in [0.2, 0.25) is 0 Å². The molecule has 1 heterocycles. The third kappa shape index (κ3) is 10.2. The first-order valence-electron chi connectivity index (χ1n) is 13.1. The summed E-state index contributed by atoms with van der Waals surface area (Å²) in [6.45, 7) is 3.75. The minimum absolute atomic E-state index is 0.00160. The molecule has 40 heavy (non-hydrogen) atoms. The lowest BCUT2D eigenvalue weighted by molar-refractivity contribution is -0.142. The van der Waals surface area contributed by atoms with Crippen LogP contribution in [0.1, 0.15) is 45.1 Å². The lowest BCUT2D eigenvalue weighted by Crippen LogP contribution is -2.57. The molecule has 0 fully saturated rings. The highest BCUT2D eigenvalue weighted by molar-refractivity contribution is 7.98. The normalized spacial score (nSPS) is 14.2. The Balaban J connectivity index is 2.14. The summed E-state index contributed by atoms with van der Waals surface area (Å²) < 4.78 is 0. The summed E-state index contributed by atoms with van der Waals surface area (Å²) in [5, 5.41) is 18.1. The number of amides is 4. The minimum atomic E-state index is -1.23. The number of fused-ring (bicyclic) bond motifs is 1. The van der Waals surface area contributed by atoms with Crippen LogP contribution in [0.15, 0.2) is 30.5 Å². The zero-order valence-corrected chi connectivity index (χ0v) is 23.9. The Morgan fingerprint density at radius 1 is 0.950 bits per heavy atom. The van der Waals surface area contributed by atoms with E-state index in [-0.39, 0.29) is 38.0 Å². The van der Waals surface area contributed by atoms with Crippen LogP contribution in [0.4, 0.5) is 0 Å². The van der Waals surface area contributed by atoms with Crippen molar-refractivity contribution in [2.24, 2.45) is 17.4 Å². The lowest BCUT2D eigenvalue weighted by atomic mass is 10.0. The number of carbonyl (C=O) groups is 5. The van der Waals surface area contributed by atoms with Crippen LogP contribution in [0.5, 0.6) is 0 Å². The number of rotatable bonds is 17. The van der Waals surface area contributed by atoms with Gasteiger partial charge in [-0.25, -0.2) is 4.79 Å². The molecule has 9 N–H and O–H groups in total. The molecule has 0 aliphatic rings. The number of H-pyrrole nitrogens is 1. The Kier molecular flexibility index (Phi) is 12.9. The number of hydrogen-bond donors (Lipinski definition) is 7. The second kappa shape index (κ2) is 15.9. The molecule has 0 spiro atoms. The van der Waals surface area contributed by atoms with Gasteiger partial charge >= 0.3 is 5.97 Å². The highest BCUT2D eigenvalue weighted by Crippen LogP contribution is 2.19. The third-order valence-electron chi connectivity index (χ3n) is 6.33. The summed E-state index contributed by atoms with van der Waals surface area (Å²) in [5.74, 6) is -3.34. The summed E-state index contributed by atoms with van der Waals surface area (Å²) in [4.78, 5) is 65.4. The van der Waals surface area contributed by atoms with Gasteiger partial charge in [-0.2, -0.15) is 11.8 Å². The summed E-state index contributed by atoms with van der Waals surface area (Å²) in [5.41, 5.74) is 13.2. The molecule has 4 unspecified atom stereocenters. The predicted octanol–water partition coefficient (Wildman–Crippen LogP) is 0.641. The lowest BCUT2D eigenvalue weighted by Gasteiger charge is -2.26. The molecule has 1 aromatic carbocycles. The number of hydrogen-bond acceptors (Lipinski definition) is 7. The standard InChI is InChI=1S/C27H40N6O6S/c1-15(2)12-22(33-24(35)18(28)13-16-14-30-19-7-5-4-6-17(16)19)26(37)31-20(8-9-23(29)34)25(36)32-21(27(38)39)10-11-40-3/h4-7,14-15,18,20-22,30H,8-13,28H2,1-3H3,(H2,29,34)(H,31,37)(H,32,36)(H,33,35)(H,38,39). The Labute approximate surface area is 237 Å². The molecule has 0 aliphatic heterocycles. The van der Waals surface area contributed by atoms with E-state index in [2.05, 4.69) is 20.9 Å². The fourth-order valence-corrected chi connectivity index (χ4v) is 4.68. The maximum absolute atomic E-state index is 13.3. The van der Waals surface area contributed by atoms with Gasteiger partial charge in [0.1, 0.15) is 18.1 Å². The average Bonchev–Trinajstić information content (AvgIpc) is 3.30. The first-order valence-corrected chi connectivity index (χ1v) is 14.5. The second-order valence-corrected chi connectivity index (χ2v) is 11.1. The average molecular weight is 577 g/mol. The molecule has 12 nitrogen and oxygen atoms in total. The smallest absolute Gasteiger partial charge is 0.326 e. The van der Waals surface area contributed by atoms with Crippen LogP contribution in [0.25, 0.3) is 10.9 Å². The summed E-state index contributed by atoms with van der Waals surface area (Å²) >= 11 is 1.43. The molecular weight excluding hydrogens is 536 g/mol. The number of carbonyl (C=O) groups excluding carboxylic acids is 4. The maximum Gasteiger partial charge on any atom is 0.326 e. The van der Waals surface area contributed by atoms with Gasteiger partial charge in [0, 0.05) is 23.5 Å². The van der Waals surface area contributed by atoms with E-state index in [9.17, 15) is 29.1 Å². The highest BCUT2D eigenvalue weighted by Gasteiger charge is 2.31. The number of benzene rings is 1. The molecule has 1 aromatic heterocycles. The third-order valence-corrected chi connectivity index (χ3v) is 6.97. The number of primary amides is 1. The number of nitrogens with one attached hydrogen (secondary N) is 4. The first kappa shape index (κ1) is 32.6. The number of para-hydroxylation sites is 1. The number of thioether (sulfide) groups is 1. The molecule has 2 aromatic rings. The van der Waals surface area contributed by atoms with Gasteiger partial charge in [0.05, 0.1) is 6.04 Å². The molecule has 4 atom stereocenters. The van der Waals surface area contributed by atoms with Crippen molar-refractivity contribution in [1.29, 1.82) is 0 Å². The van der Waals surface area contributed by atoms with Crippen molar-refractivity contribution < 1.29 is 29.1 Å². The van der Waals surface area contributed by atoms with E-state index in [0.717, 1.165) is 16.5 Å². The van der Waals surface area contributed by atoms with Crippen LogP contribution in [-0.4, -0.2) is 75.9 Å². The van der Waals surface area contributed by atoms with Crippen molar-refractivity contribution in [2.75, 3.05) is 12.0 Å². The van der Waals surface area contributed by atoms with Crippen molar-refractivity contribution >= 4 is 52.3 Å². The number of carboxylic acids is 1. The number of aromatic nitrogens is 1. The van der Waals surface area contributed by atoms with E-state index >= 15 is 0 Å². The van der Waals surface area contributed by atoms with Gasteiger partial charge in [0.2, 0.25) is 23.6 Å². The highest BCUT2D eigenvalue weighted by atomic mass is 32.2. The van der Waals surface area contributed by atoms with Crippen molar-refractivity contribution in [2.45, 2.75) is 70.1 Å². The van der Waals surface area contributed by atoms with Gasteiger partial charge in [0.25, 0.3) is 0 Å².